The Bertz CT molecular complexity index is 304. The Morgan fingerprint density at radius 2 is 2.00 bits per heavy atom. The van der Waals surface area contributed by atoms with Crippen LogP contribution < -0.4 is 5.32 Å². The summed E-state index contributed by atoms with van der Waals surface area (Å²) >= 11 is 0. The van der Waals surface area contributed by atoms with Gasteiger partial charge in [0.05, 0.1) is 12.5 Å². The minimum atomic E-state index is -0.780. The molecule has 0 radical (unpaired) electrons. The van der Waals surface area contributed by atoms with Crippen molar-refractivity contribution in [3.8, 4) is 0 Å². The predicted molar refractivity (Wildman–Crippen MR) is 71.8 cm³/mol. The van der Waals surface area contributed by atoms with Gasteiger partial charge in [-0.05, 0) is 25.2 Å². The second kappa shape index (κ2) is 8.15. The number of carbonyl (C=O) groups is 2. The van der Waals surface area contributed by atoms with E-state index in [0.29, 0.717) is 38.5 Å². The molecule has 5 heteroatoms. The quantitative estimate of drug-likeness (QED) is 0.691. The molecule has 1 aliphatic carbocycles. The van der Waals surface area contributed by atoms with Gasteiger partial charge < -0.3 is 15.2 Å². The number of carboxylic acids is 1. The van der Waals surface area contributed by atoms with Crippen LogP contribution in [0.25, 0.3) is 0 Å². The third-order valence-corrected chi connectivity index (χ3v) is 3.39. The second-order valence-electron chi connectivity index (χ2n) is 5.66. The van der Waals surface area contributed by atoms with Gasteiger partial charge in [0.15, 0.2) is 0 Å². The molecule has 0 aromatic carbocycles. The summed E-state index contributed by atoms with van der Waals surface area (Å²) in [5, 5.41) is 11.8. The molecule has 1 saturated carbocycles. The molecule has 1 rings (SSSR count). The smallest absolute Gasteiger partial charge is 0.306 e. The Kier molecular flexibility index (Phi) is 6.84. The van der Waals surface area contributed by atoms with Crippen LogP contribution in [0.4, 0.5) is 0 Å². The maximum atomic E-state index is 11.9. The van der Waals surface area contributed by atoms with E-state index in [9.17, 15) is 9.59 Å². The molecule has 110 valence electrons. The summed E-state index contributed by atoms with van der Waals surface area (Å²) in [4.78, 5) is 22.8. The van der Waals surface area contributed by atoms with E-state index in [-0.39, 0.29) is 17.7 Å². The van der Waals surface area contributed by atoms with Gasteiger partial charge in [0, 0.05) is 19.1 Å². The van der Waals surface area contributed by atoms with Crippen LogP contribution in [0.3, 0.4) is 0 Å². The van der Waals surface area contributed by atoms with Crippen LogP contribution in [0.1, 0.15) is 39.5 Å². The highest BCUT2D eigenvalue weighted by Crippen LogP contribution is 2.29. The molecule has 1 fully saturated rings. The summed E-state index contributed by atoms with van der Waals surface area (Å²) in [6.07, 6.45) is 2.77. The van der Waals surface area contributed by atoms with E-state index >= 15 is 0 Å². The molecule has 2 unspecified atom stereocenters. The number of hydrogen-bond acceptors (Lipinski definition) is 3. The van der Waals surface area contributed by atoms with Crippen molar-refractivity contribution >= 4 is 11.9 Å². The van der Waals surface area contributed by atoms with Crippen molar-refractivity contribution < 1.29 is 19.4 Å². The van der Waals surface area contributed by atoms with Gasteiger partial charge in [0.25, 0.3) is 0 Å². The highest BCUT2D eigenvalue weighted by molar-refractivity contribution is 5.80. The zero-order valence-electron chi connectivity index (χ0n) is 11.9. The van der Waals surface area contributed by atoms with Crippen molar-refractivity contribution in [2.45, 2.75) is 39.5 Å². The molecule has 0 aromatic rings. The highest BCUT2D eigenvalue weighted by atomic mass is 16.5. The van der Waals surface area contributed by atoms with E-state index in [0.717, 1.165) is 12.8 Å². The monoisotopic (exact) mass is 271 g/mol. The fraction of sp³-hybridized carbons (Fsp3) is 0.857. The lowest BCUT2D eigenvalue weighted by molar-refractivity contribution is -0.144. The van der Waals surface area contributed by atoms with Gasteiger partial charge in [0.1, 0.15) is 0 Å². The number of nitrogens with one attached hydrogen (secondary N) is 1. The fourth-order valence-corrected chi connectivity index (χ4v) is 2.36. The summed E-state index contributed by atoms with van der Waals surface area (Å²) in [5.41, 5.74) is 0. The average molecular weight is 271 g/mol. The maximum absolute atomic E-state index is 11.9. The molecule has 0 aliphatic heterocycles. The Morgan fingerprint density at radius 3 is 2.63 bits per heavy atom. The molecular formula is C14H25NO4. The number of carboxylic acid groups (broad SMARTS) is 1. The van der Waals surface area contributed by atoms with Gasteiger partial charge >= 0.3 is 5.97 Å². The molecule has 2 N–H and O–H groups in total. The summed E-state index contributed by atoms with van der Waals surface area (Å²) in [6, 6.07) is 0. The van der Waals surface area contributed by atoms with E-state index in [1.165, 1.54) is 0 Å². The fourth-order valence-electron chi connectivity index (χ4n) is 2.36. The molecule has 0 spiro atoms. The Balaban J connectivity index is 2.20. The Labute approximate surface area is 114 Å². The predicted octanol–water partition coefficient (Wildman–Crippen LogP) is 1.67. The number of hydrogen-bond donors (Lipinski definition) is 2. The highest BCUT2D eigenvalue weighted by Gasteiger charge is 2.30. The normalized spacial score (nSPS) is 23.3. The van der Waals surface area contributed by atoms with Crippen LogP contribution in [-0.4, -0.2) is 36.7 Å². The van der Waals surface area contributed by atoms with Gasteiger partial charge in [-0.25, -0.2) is 0 Å². The molecule has 0 bridgehead atoms. The number of carbonyl (C=O) groups excluding carboxylic acids is 1. The zero-order valence-corrected chi connectivity index (χ0v) is 11.9. The minimum Gasteiger partial charge on any atom is -0.481 e. The number of aliphatic carboxylic acids is 1. The first-order chi connectivity index (χ1) is 9.00. The van der Waals surface area contributed by atoms with Crippen molar-refractivity contribution in [1.82, 2.24) is 5.32 Å². The van der Waals surface area contributed by atoms with Crippen molar-refractivity contribution in [3.05, 3.63) is 0 Å². The first-order valence-electron chi connectivity index (χ1n) is 7.09. The van der Waals surface area contributed by atoms with Gasteiger partial charge in [-0.3, -0.25) is 9.59 Å². The molecule has 1 amide bonds. The van der Waals surface area contributed by atoms with Crippen LogP contribution in [-0.2, 0) is 14.3 Å². The zero-order chi connectivity index (χ0) is 14.3. The van der Waals surface area contributed by atoms with E-state index in [1.807, 2.05) is 0 Å². The van der Waals surface area contributed by atoms with Crippen LogP contribution >= 0.6 is 0 Å². The molecule has 2 atom stereocenters. The van der Waals surface area contributed by atoms with Crippen LogP contribution in [0.2, 0.25) is 0 Å². The van der Waals surface area contributed by atoms with Crippen molar-refractivity contribution in [1.29, 1.82) is 0 Å². The van der Waals surface area contributed by atoms with E-state index in [4.69, 9.17) is 9.84 Å². The molecule has 1 aliphatic rings. The van der Waals surface area contributed by atoms with E-state index < -0.39 is 5.97 Å². The standard InChI is InChI=1S/C14H25NO4/c1-10(2)9-19-7-6-15-13(16)11-4-3-5-12(8-11)14(17)18/h10-12H,3-9H2,1-2H3,(H,15,16)(H,17,18). The summed E-state index contributed by atoms with van der Waals surface area (Å²) < 4.78 is 5.38. The largest absolute Gasteiger partial charge is 0.481 e. The second-order valence-corrected chi connectivity index (χ2v) is 5.66. The third kappa shape index (κ3) is 6.05. The number of amides is 1. The Hall–Kier alpha value is -1.10. The van der Waals surface area contributed by atoms with Crippen molar-refractivity contribution in [3.63, 3.8) is 0 Å². The first-order valence-corrected chi connectivity index (χ1v) is 7.09. The summed E-state index contributed by atoms with van der Waals surface area (Å²) in [6.45, 7) is 5.86. The van der Waals surface area contributed by atoms with Crippen molar-refractivity contribution in [2.24, 2.45) is 17.8 Å². The van der Waals surface area contributed by atoms with Crippen LogP contribution in [0.15, 0.2) is 0 Å². The van der Waals surface area contributed by atoms with E-state index in [2.05, 4.69) is 19.2 Å². The maximum Gasteiger partial charge on any atom is 0.306 e. The van der Waals surface area contributed by atoms with Gasteiger partial charge in [0.2, 0.25) is 5.91 Å². The number of rotatable bonds is 7. The third-order valence-electron chi connectivity index (χ3n) is 3.39. The lowest BCUT2D eigenvalue weighted by atomic mass is 9.81. The van der Waals surface area contributed by atoms with Gasteiger partial charge in [-0.2, -0.15) is 0 Å². The molecule has 5 nitrogen and oxygen atoms in total. The lowest BCUT2D eigenvalue weighted by Gasteiger charge is -2.25. The van der Waals surface area contributed by atoms with Crippen LogP contribution in [0, 0.1) is 17.8 Å². The number of ether oxygens (including phenoxy) is 1. The van der Waals surface area contributed by atoms with Gasteiger partial charge in [-0.1, -0.05) is 20.3 Å². The molecule has 0 heterocycles. The SMILES string of the molecule is CC(C)COCCNC(=O)C1CCCC(C(=O)O)C1. The minimum absolute atomic E-state index is 0.0286. The first kappa shape index (κ1) is 16.0. The topological polar surface area (TPSA) is 75.6 Å². The molecule has 0 aromatic heterocycles. The summed E-state index contributed by atoms with van der Waals surface area (Å²) in [5.74, 6) is -0.830. The molecule has 19 heavy (non-hydrogen) atoms. The van der Waals surface area contributed by atoms with Crippen molar-refractivity contribution in [2.75, 3.05) is 19.8 Å². The van der Waals surface area contributed by atoms with E-state index in [1.54, 1.807) is 0 Å². The Morgan fingerprint density at radius 1 is 1.32 bits per heavy atom. The molecule has 0 saturated heterocycles. The average Bonchev–Trinajstić information content (AvgIpc) is 2.37. The lowest BCUT2D eigenvalue weighted by Crippen LogP contribution is -2.37. The molecular weight excluding hydrogens is 246 g/mol. The van der Waals surface area contributed by atoms with Crippen LogP contribution in [0.5, 0.6) is 0 Å². The summed E-state index contributed by atoms with van der Waals surface area (Å²) in [7, 11) is 0. The van der Waals surface area contributed by atoms with Gasteiger partial charge in [-0.15, -0.1) is 0 Å².